The molecule has 0 atom stereocenters. The van der Waals surface area contributed by atoms with Gasteiger partial charge in [-0.3, -0.25) is 0 Å². The quantitative estimate of drug-likeness (QED) is 0.521. The Balaban J connectivity index is 2.77. The van der Waals surface area contributed by atoms with E-state index in [4.69, 9.17) is 12.2 Å². The predicted molar refractivity (Wildman–Crippen MR) is 89.3 cm³/mol. The van der Waals surface area contributed by atoms with E-state index < -0.39 is 10.0 Å². The third-order valence-corrected chi connectivity index (χ3v) is 4.72. The van der Waals surface area contributed by atoms with Crippen LogP contribution in [0.4, 0.5) is 5.69 Å². The summed E-state index contributed by atoms with van der Waals surface area (Å²) in [5.74, 6) is 0. The maximum Gasteiger partial charge on any atom is 0.240 e. The molecule has 0 bridgehead atoms. The van der Waals surface area contributed by atoms with Crippen LogP contribution in [0.1, 0.15) is 5.56 Å². The van der Waals surface area contributed by atoms with Crippen molar-refractivity contribution in [2.45, 2.75) is 11.8 Å². The van der Waals surface area contributed by atoms with E-state index in [0.717, 1.165) is 13.1 Å². The van der Waals surface area contributed by atoms with E-state index in [1.807, 2.05) is 0 Å². The number of likely N-dealkylation sites (N-methyl/N-ethyl adjacent to an activating group) is 1. The van der Waals surface area contributed by atoms with Crippen LogP contribution >= 0.6 is 12.2 Å². The maximum atomic E-state index is 11.9. The molecule has 0 aliphatic rings. The van der Waals surface area contributed by atoms with Gasteiger partial charge in [-0.25, -0.2) is 13.1 Å². The van der Waals surface area contributed by atoms with Crippen LogP contribution in [0.5, 0.6) is 0 Å². The summed E-state index contributed by atoms with van der Waals surface area (Å²) in [7, 11) is 2.05. The topological polar surface area (TPSA) is 74.7 Å². The van der Waals surface area contributed by atoms with Gasteiger partial charge in [-0.1, -0.05) is 6.07 Å². The normalized spacial score (nSPS) is 11.5. The Kier molecular flexibility index (Phi) is 6.53. The Bertz CT molecular complexity index is 600. The number of quaternary nitrogens is 1. The molecule has 8 heteroatoms. The van der Waals surface area contributed by atoms with Gasteiger partial charge in [-0.05, 0) is 43.9 Å². The summed E-state index contributed by atoms with van der Waals surface area (Å²) in [4.78, 5) is 1.57. The number of anilines is 1. The predicted octanol–water partition coefficient (Wildman–Crippen LogP) is -0.666. The second-order valence-corrected chi connectivity index (χ2v) is 7.29. The molecule has 0 aliphatic carbocycles. The molecule has 1 rings (SSSR count). The van der Waals surface area contributed by atoms with Gasteiger partial charge >= 0.3 is 0 Å². The number of aryl methyl sites for hydroxylation is 1. The van der Waals surface area contributed by atoms with Crippen molar-refractivity contribution in [3.63, 3.8) is 0 Å². The first-order chi connectivity index (χ1) is 9.76. The highest BCUT2D eigenvalue weighted by Gasteiger charge is 2.15. The van der Waals surface area contributed by atoms with Gasteiger partial charge in [0, 0.05) is 5.69 Å². The fourth-order valence-electron chi connectivity index (χ4n) is 1.68. The Morgan fingerprint density at radius 1 is 1.33 bits per heavy atom. The number of benzene rings is 1. The summed E-state index contributed by atoms with van der Waals surface area (Å²) < 4.78 is 26.2. The highest BCUT2D eigenvalue weighted by atomic mass is 32.2. The van der Waals surface area contributed by atoms with E-state index in [2.05, 4.69) is 29.5 Å². The summed E-state index contributed by atoms with van der Waals surface area (Å²) >= 11 is 5.19. The van der Waals surface area contributed by atoms with E-state index in [9.17, 15) is 8.42 Å². The number of hydrogen-bond donors (Lipinski definition) is 4. The highest BCUT2D eigenvalue weighted by molar-refractivity contribution is 7.89. The summed E-state index contributed by atoms with van der Waals surface area (Å²) in [5, 5.41) is 6.56. The van der Waals surface area contributed by atoms with Gasteiger partial charge in [-0.2, -0.15) is 0 Å². The molecule has 21 heavy (non-hydrogen) atoms. The molecule has 0 unspecified atom stereocenters. The lowest BCUT2D eigenvalue weighted by Gasteiger charge is -2.13. The van der Waals surface area contributed by atoms with Crippen LogP contribution in [0.25, 0.3) is 0 Å². The van der Waals surface area contributed by atoms with Crippen molar-refractivity contribution in [3.8, 4) is 0 Å². The molecule has 0 saturated heterocycles. The number of thiocarbonyl (C=S) groups is 1. The zero-order valence-electron chi connectivity index (χ0n) is 12.8. The smallest absolute Gasteiger partial charge is 0.240 e. The summed E-state index contributed by atoms with van der Waals surface area (Å²) in [6.45, 7) is 3.45. The molecule has 6 nitrogen and oxygen atoms in total. The van der Waals surface area contributed by atoms with Gasteiger partial charge in [0.1, 0.15) is 0 Å². The van der Waals surface area contributed by atoms with Crippen LogP contribution in [0.2, 0.25) is 0 Å². The number of hydrogen-bond acceptors (Lipinski definition) is 3. The minimum atomic E-state index is -3.47. The van der Waals surface area contributed by atoms with E-state index in [0.29, 0.717) is 16.4 Å². The first-order valence-electron chi connectivity index (χ1n) is 6.64. The molecule has 118 valence electrons. The third kappa shape index (κ3) is 5.58. The molecule has 1 aromatic rings. The monoisotopic (exact) mass is 331 g/mol. The van der Waals surface area contributed by atoms with Crippen molar-refractivity contribution >= 4 is 33.0 Å². The van der Waals surface area contributed by atoms with Gasteiger partial charge in [0.05, 0.1) is 32.1 Å². The maximum absolute atomic E-state index is 11.9. The highest BCUT2D eigenvalue weighted by Crippen LogP contribution is 2.19. The molecule has 0 spiro atoms. The summed E-state index contributed by atoms with van der Waals surface area (Å²) in [6, 6.07) is 5.13. The van der Waals surface area contributed by atoms with E-state index in [-0.39, 0.29) is 4.90 Å². The molecule has 4 N–H and O–H groups in total. The number of nitrogens with one attached hydrogen (secondary N) is 4. The second kappa shape index (κ2) is 7.69. The van der Waals surface area contributed by atoms with Gasteiger partial charge in [0.2, 0.25) is 10.0 Å². The Morgan fingerprint density at radius 2 is 2.00 bits per heavy atom. The van der Waals surface area contributed by atoms with Crippen molar-refractivity contribution in [2.75, 3.05) is 39.5 Å². The van der Waals surface area contributed by atoms with Crippen molar-refractivity contribution in [1.29, 1.82) is 0 Å². The van der Waals surface area contributed by atoms with Crippen LogP contribution in [0.15, 0.2) is 23.1 Å². The second-order valence-electron chi connectivity index (χ2n) is 5.03. The molecule has 0 saturated carbocycles. The minimum absolute atomic E-state index is 0.246. The average Bonchev–Trinajstić information content (AvgIpc) is 2.40. The average molecular weight is 331 g/mol. The lowest BCUT2D eigenvalue weighted by molar-refractivity contribution is -0.856. The van der Waals surface area contributed by atoms with E-state index >= 15 is 0 Å². The van der Waals surface area contributed by atoms with E-state index in [1.165, 1.54) is 11.9 Å². The molecular weight excluding hydrogens is 308 g/mol. The van der Waals surface area contributed by atoms with Gasteiger partial charge in [-0.15, -0.1) is 0 Å². The Hall–Kier alpha value is -1.22. The molecule has 0 aromatic heterocycles. The number of sulfonamides is 1. The van der Waals surface area contributed by atoms with Crippen molar-refractivity contribution in [2.24, 2.45) is 0 Å². The van der Waals surface area contributed by atoms with Crippen molar-refractivity contribution in [3.05, 3.63) is 23.8 Å². The van der Waals surface area contributed by atoms with E-state index in [1.54, 1.807) is 25.1 Å². The van der Waals surface area contributed by atoms with Crippen LogP contribution in [-0.4, -0.2) is 47.8 Å². The van der Waals surface area contributed by atoms with Crippen LogP contribution in [0, 0.1) is 6.92 Å². The first kappa shape index (κ1) is 17.8. The van der Waals surface area contributed by atoms with Crippen LogP contribution in [-0.2, 0) is 10.0 Å². The molecule has 0 aliphatic heterocycles. The lowest BCUT2D eigenvalue weighted by Crippen LogP contribution is -3.06. The molecule has 0 heterocycles. The van der Waals surface area contributed by atoms with Gasteiger partial charge in [0.15, 0.2) is 5.11 Å². The molecule has 0 radical (unpaired) electrons. The van der Waals surface area contributed by atoms with Crippen molar-refractivity contribution in [1.82, 2.24) is 10.0 Å². The Morgan fingerprint density at radius 3 is 2.57 bits per heavy atom. The third-order valence-electron chi connectivity index (χ3n) is 2.91. The Labute approximate surface area is 132 Å². The fourth-order valence-corrected chi connectivity index (χ4v) is 2.89. The molecule has 0 amide bonds. The number of rotatable bonds is 6. The van der Waals surface area contributed by atoms with Crippen molar-refractivity contribution < 1.29 is 13.3 Å². The summed E-state index contributed by atoms with van der Waals surface area (Å²) in [6.07, 6.45) is 0. The van der Waals surface area contributed by atoms with Gasteiger partial charge < -0.3 is 15.5 Å². The molecule has 0 fully saturated rings. The minimum Gasteiger partial charge on any atom is -0.357 e. The largest absolute Gasteiger partial charge is 0.357 e. The summed E-state index contributed by atoms with van der Waals surface area (Å²) in [5.41, 5.74) is 1.33. The molecule has 1 aromatic carbocycles. The lowest BCUT2D eigenvalue weighted by atomic mass is 10.2. The molecular formula is C13H23N4O2S2+. The zero-order valence-corrected chi connectivity index (χ0v) is 14.4. The van der Waals surface area contributed by atoms with Crippen LogP contribution < -0.4 is 20.3 Å². The van der Waals surface area contributed by atoms with Crippen LogP contribution in [0.3, 0.4) is 0 Å². The van der Waals surface area contributed by atoms with Gasteiger partial charge in [0.25, 0.3) is 0 Å². The SMILES string of the molecule is CNS(=O)(=O)c1cc(NC(=S)NCC[NH+](C)C)ccc1C. The zero-order chi connectivity index (χ0) is 16.0. The first-order valence-corrected chi connectivity index (χ1v) is 8.53. The fraction of sp³-hybridized carbons (Fsp3) is 0.462. The standard InChI is InChI=1S/C13H22N4O2S2/c1-10-5-6-11(9-12(10)21(18,19)14-2)16-13(20)15-7-8-17(3)4/h5-6,9,14H,7-8H2,1-4H3,(H2,15,16,20)/p+1.